The van der Waals surface area contributed by atoms with Gasteiger partial charge in [-0.3, -0.25) is 9.48 Å². The summed E-state index contributed by atoms with van der Waals surface area (Å²) in [5.41, 5.74) is -0.604. The number of carboxylic acids is 1. The van der Waals surface area contributed by atoms with E-state index in [9.17, 15) is 26.4 Å². The third kappa shape index (κ3) is 3.94. The predicted octanol–water partition coefficient (Wildman–Crippen LogP) is 3.63. The molecule has 0 fully saturated rings. The van der Waals surface area contributed by atoms with E-state index in [0.717, 1.165) is 24.5 Å². The van der Waals surface area contributed by atoms with Gasteiger partial charge in [0, 0.05) is 7.05 Å². The standard InChI is InChI=1S/C17H13F3N2O4S2/c1-22-14(17(18,19)20)9-12(21-22)13-5-6-16(27-13)28(25,26)11-4-2-3-10(7-11)8-15(23)24/h2-7,9H,8H2,1H3,(H,23,24). The topological polar surface area (TPSA) is 89.3 Å². The Labute approximate surface area is 161 Å². The van der Waals surface area contributed by atoms with Gasteiger partial charge < -0.3 is 5.11 Å². The molecule has 0 bridgehead atoms. The Morgan fingerprint density at radius 2 is 1.93 bits per heavy atom. The molecular formula is C17H13F3N2O4S2. The van der Waals surface area contributed by atoms with Gasteiger partial charge in [-0.1, -0.05) is 12.1 Å². The van der Waals surface area contributed by atoms with Gasteiger partial charge in [-0.2, -0.15) is 18.3 Å². The lowest BCUT2D eigenvalue weighted by Gasteiger charge is -2.04. The van der Waals surface area contributed by atoms with Crippen LogP contribution in [0.4, 0.5) is 13.2 Å². The highest BCUT2D eigenvalue weighted by Gasteiger charge is 2.35. The Hall–Kier alpha value is -2.66. The molecule has 11 heteroatoms. The number of benzene rings is 1. The van der Waals surface area contributed by atoms with Crippen molar-refractivity contribution in [3.05, 3.63) is 53.7 Å². The summed E-state index contributed by atoms with van der Waals surface area (Å²) in [6.07, 6.45) is -4.90. The molecule has 6 nitrogen and oxygen atoms in total. The van der Waals surface area contributed by atoms with Gasteiger partial charge in [0.2, 0.25) is 9.84 Å². The first-order valence-electron chi connectivity index (χ1n) is 7.76. The summed E-state index contributed by atoms with van der Waals surface area (Å²) in [7, 11) is -2.79. The van der Waals surface area contributed by atoms with Gasteiger partial charge in [0.15, 0.2) is 0 Å². The maximum absolute atomic E-state index is 12.9. The molecular weight excluding hydrogens is 417 g/mol. The quantitative estimate of drug-likeness (QED) is 0.668. The van der Waals surface area contributed by atoms with Gasteiger partial charge in [-0.15, -0.1) is 11.3 Å². The molecule has 0 amide bonds. The van der Waals surface area contributed by atoms with Crippen molar-refractivity contribution in [3.63, 3.8) is 0 Å². The number of aryl methyl sites for hydroxylation is 1. The lowest BCUT2D eigenvalue weighted by atomic mass is 10.2. The summed E-state index contributed by atoms with van der Waals surface area (Å²) in [4.78, 5) is 11.0. The highest BCUT2D eigenvalue weighted by atomic mass is 32.2. The highest BCUT2D eigenvalue weighted by Crippen LogP contribution is 2.36. The number of hydrogen-bond acceptors (Lipinski definition) is 5. The molecule has 0 saturated heterocycles. The van der Waals surface area contributed by atoms with Crippen molar-refractivity contribution in [2.24, 2.45) is 7.05 Å². The van der Waals surface area contributed by atoms with Crippen LogP contribution in [-0.4, -0.2) is 29.3 Å². The summed E-state index contributed by atoms with van der Waals surface area (Å²) in [5, 5.41) is 12.7. The second-order valence-corrected chi connectivity index (χ2v) is 9.14. The zero-order valence-electron chi connectivity index (χ0n) is 14.3. The first kappa shape index (κ1) is 20.1. The highest BCUT2D eigenvalue weighted by molar-refractivity contribution is 7.93. The molecule has 148 valence electrons. The molecule has 1 aromatic carbocycles. The summed E-state index contributed by atoms with van der Waals surface area (Å²) < 4.78 is 65.0. The van der Waals surface area contributed by atoms with E-state index < -0.39 is 27.7 Å². The molecule has 0 atom stereocenters. The summed E-state index contributed by atoms with van der Waals surface area (Å²) in [6, 6.07) is 9.08. The third-order valence-corrected chi connectivity index (χ3v) is 7.18. The predicted molar refractivity (Wildman–Crippen MR) is 94.8 cm³/mol. The molecule has 0 spiro atoms. The second kappa shape index (κ2) is 7.06. The Morgan fingerprint density at radius 3 is 2.54 bits per heavy atom. The van der Waals surface area contributed by atoms with Crippen LogP contribution in [-0.2, 0) is 34.3 Å². The number of hydrogen-bond donors (Lipinski definition) is 1. The van der Waals surface area contributed by atoms with E-state index in [1.54, 1.807) is 0 Å². The van der Waals surface area contributed by atoms with Crippen molar-refractivity contribution in [2.75, 3.05) is 0 Å². The fraction of sp³-hybridized carbons (Fsp3) is 0.176. The largest absolute Gasteiger partial charge is 0.481 e. The SMILES string of the molecule is Cn1nc(-c2ccc(S(=O)(=O)c3cccc(CC(=O)O)c3)s2)cc1C(F)(F)F. The molecule has 2 heterocycles. The van der Waals surface area contributed by atoms with Gasteiger partial charge >= 0.3 is 12.1 Å². The number of carbonyl (C=O) groups is 1. The Bertz CT molecular complexity index is 1150. The first-order chi connectivity index (χ1) is 13.0. The Balaban J connectivity index is 1.97. The van der Waals surface area contributed by atoms with Crippen LogP contribution in [0.2, 0.25) is 0 Å². The van der Waals surface area contributed by atoms with Crippen molar-refractivity contribution in [2.45, 2.75) is 21.7 Å². The minimum absolute atomic E-state index is 0.0147. The van der Waals surface area contributed by atoms with Crippen molar-refractivity contribution < 1.29 is 31.5 Å². The molecule has 2 aromatic heterocycles. The van der Waals surface area contributed by atoms with Crippen molar-refractivity contribution in [3.8, 4) is 10.6 Å². The smallest absolute Gasteiger partial charge is 0.433 e. The van der Waals surface area contributed by atoms with Gasteiger partial charge in [-0.25, -0.2) is 8.42 Å². The molecule has 3 rings (SSSR count). The van der Waals surface area contributed by atoms with Crippen LogP contribution in [0.15, 0.2) is 51.6 Å². The minimum atomic E-state index is -4.57. The molecule has 0 saturated carbocycles. The molecule has 3 aromatic rings. The second-order valence-electron chi connectivity index (χ2n) is 5.88. The normalized spacial score (nSPS) is 12.3. The summed E-state index contributed by atoms with van der Waals surface area (Å²) in [5.74, 6) is -1.09. The van der Waals surface area contributed by atoms with Crippen LogP contribution in [0.3, 0.4) is 0 Å². The molecule has 28 heavy (non-hydrogen) atoms. The van der Waals surface area contributed by atoms with Crippen LogP contribution >= 0.6 is 11.3 Å². The number of halogens is 3. The third-order valence-electron chi connectivity index (χ3n) is 3.83. The van der Waals surface area contributed by atoms with Crippen LogP contribution in [0, 0.1) is 0 Å². The Kier molecular flexibility index (Phi) is 5.06. The molecule has 0 unspecified atom stereocenters. The molecule has 1 N–H and O–H groups in total. The molecule has 0 aliphatic heterocycles. The monoisotopic (exact) mass is 430 g/mol. The maximum Gasteiger partial charge on any atom is 0.433 e. The average molecular weight is 430 g/mol. The number of nitrogens with zero attached hydrogens (tertiary/aromatic N) is 2. The Morgan fingerprint density at radius 1 is 1.21 bits per heavy atom. The molecule has 0 radical (unpaired) electrons. The number of thiophene rings is 1. The summed E-state index contributed by atoms with van der Waals surface area (Å²) >= 11 is 0.793. The van der Waals surface area contributed by atoms with Crippen molar-refractivity contribution >= 4 is 27.1 Å². The fourth-order valence-electron chi connectivity index (χ4n) is 2.57. The fourth-order valence-corrected chi connectivity index (χ4v) is 5.30. The number of carboxylic acid groups (broad SMARTS) is 1. The zero-order valence-corrected chi connectivity index (χ0v) is 15.9. The molecule has 0 aliphatic rings. The van der Waals surface area contributed by atoms with Crippen LogP contribution in [0.5, 0.6) is 0 Å². The van der Waals surface area contributed by atoms with Crippen molar-refractivity contribution in [1.82, 2.24) is 9.78 Å². The first-order valence-corrected chi connectivity index (χ1v) is 10.1. The maximum atomic E-state index is 12.9. The van der Waals surface area contributed by atoms with Crippen LogP contribution < -0.4 is 0 Å². The number of aromatic nitrogens is 2. The van der Waals surface area contributed by atoms with E-state index in [0.29, 0.717) is 10.2 Å². The summed E-state index contributed by atoms with van der Waals surface area (Å²) in [6.45, 7) is 0. The number of aliphatic carboxylic acids is 1. The van der Waals surface area contributed by atoms with Crippen LogP contribution in [0.1, 0.15) is 11.3 Å². The number of sulfone groups is 1. The lowest BCUT2D eigenvalue weighted by Crippen LogP contribution is -2.11. The van der Waals surface area contributed by atoms with Gasteiger partial charge in [0.25, 0.3) is 0 Å². The van der Waals surface area contributed by atoms with E-state index in [4.69, 9.17) is 5.11 Å². The number of rotatable bonds is 5. The van der Waals surface area contributed by atoms with E-state index in [-0.39, 0.29) is 26.1 Å². The van der Waals surface area contributed by atoms with E-state index in [1.807, 2.05) is 0 Å². The van der Waals surface area contributed by atoms with Gasteiger partial charge in [0.1, 0.15) is 15.6 Å². The van der Waals surface area contributed by atoms with Crippen LogP contribution in [0.25, 0.3) is 10.6 Å². The minimum Gasteiger partial charge on any atom is -0.481 e. The average Bonchev–Trinajstić information content (AvgIpc) is 3.21. The molecule has 0 aliphatic carbocycles. The van der Waals surface area contributed by atoms with Crippen molar-refractivity contribution in [1.29, 1.82) is 0 Å². The van der Waals surface area contributed by atoms with E-state index in [2.05, 4.69) is 5.10 Å². The van der Waals surface area contributed by atoms with Gasteiger partial charge in [-0.05, 0) is 35.9 Å². The zero-order chi connectivity index (χ0) is 20.7. The van der Waals surface area contributed by atoms with Gasteiger partial charge in [0.05, 0.1) is 16.2 Å². The van der Waals surface area contributed by atoms with E-state index >= 15 is 0 Å². The van der Waals surface area contributed by atoms with E-state index in [1.165, 1.54) is 36.4 Å². The lowest BCUT2D eigenvalue weighted by molar-refractivity contribution is -0.143. The number of alkyl halides is 3.